The number of para-hydroxylation sites is 1. The molecule has 34 heavy (non-hydrogen) atoms. The maximum Gasteiger partial charge on any atom is 0.338 e. The number of carbonyl (C=O) groups is 1. The molecule has 8 nitrogen and oxygen atoms in total. The first-order valence-corrected chi connectivity index (χ1v) is 11.6. The average Bonchev–Trinajstić information content (AvgIpc) is 3.42. The maximum atomic E-state index is 13.7. The number of rotatable bonds is 5. The van der Waals surface area contributed by atoms with Crippen LogP contribution in [0.5, 0.6) is 17.2 Å². The third kappa shape index (κ3) is 3.67. The van der Waals surface area contributed by atoms with Crippen molar-refractivity contribution in [2.45, 2.75) is 19.9 Å². The van der Waals surface area contributed by atoms with Crippen LogP contribution >= 0.6 is 11.3 Å². The number of allylic oxidation sites excluding steroid dienone is 1. The van der Waals surface area contributed by atoms with Crippen molar-refractivity contribution < 1.29 is 23.7 Å². The van der Waals surface area contributed by atoms with E-state index in [-0.39, 0.29) is 19.0 Å². The molecule has 0 N–H and O–H groups in total. The highest BCUT2D eigenvalue weighted by molar-refractivity contribution is 7.07. The summed E-state index contributed by atoms with van der Waals surface area (Å²) in [5, 5.41) is 0. The van der Waals surface area contributed by atoms with Gasteiger partial charge in [0.05, 0.1) is 29.5 Å². The number of hydrogen-bond acceptors (Lipinski definition) is 8. The highest BCUT2D eigenvalue weighted by atomic mass is 32.1. The summed E-state index contributed by atoms with van der Waals surface area (Å²) >= 11 is 1.26. The second kappa shape index (κ2) is 8.83. The smallest absolute Gasteiger partial charge is 0.338 e. The van der Waals surface area contributed by atoms with Crippen LogP contribution in [0.25, 0.3) is 6.08 Å². The molecular weight excluding hydrogens is 456 g/mol. The molecule has 0 saturated carbocycles. The van der Waals surface area contributed by atoms with E-state index in [1.165, 1.54) is 11.3 Å². The molecule has 0 spiro atoms. The van der Waals surface area contributed by atoms with E-state index in [4.69, 9.17) is 18.9 Å². The topological polar surface area (TPSA) is 88.4 Å². The molecule has 5 rings (SSSR count). The zero-order valence-electron chi connectivity index (χ0n) is 18.9. The summed E-state index contributed by atoms with van der Waals surface area (Å²) in [5.41, 5.74) is 2.04. The summed E-state index contributed by atoms with van der Waals surface area (Å²) in [6, 6.07) is 12.1. The van der Waals surface area contributed by atoms with Crippen molar-refractivity contribution in [3.63, 3.8) is 0 Å². The number of ether oxygens (including phenoxy) is 4. The van der Waals surface area contributed by atoms with Gasteiger partial charge in [-0.3, -0.25) is 9.36 Å². The van der Waals surface area contributed by atoms with Gasteiger partial charge < -0.3 is 18.9 Å². The molecule has 0 aliphatic carbocycles. The number of carbonyl (C=O) groups excluding carboxylic acids is 1. The fraction of sp³-hybridized carbons (Fsp3) is 0.240. The van der Waals surface area contributed by atoms with Gasteiger partial charge in [0.1, 0.15) is 11.8 Å². The number of benzene rings is 2. The van der Waals surface area contributed by atoms with Crippen molar-refractivity contribution in [1.29, 1.82) is 0 Å². The van der Waals surface area contributed by atoms with Crippen LogP contribution in [0.15, 0.2) is 63.5 Å². The highest BCUT2D eigenvalue weighted by Crippen LogP contribution is 2.36. The Kier molecular flexibility index (Phi) is 5.70. The lowest BCUT2D eigenvalue weighted by Crippen LogP contribution is -2.40. The fourth-order valence-corrected chi connectivity index (χ4v) is 5.18. The van der Waals surface area contributed by atoms with E-state index in [2.05, 4.69) is 4.99 Å². The molecule has 0 saturated heterocycles. The van der Waals surface area contributed by atoms with Crippen molar-refractivity contribution in [1.82, 2.24) is 4.57 Å². The molecule has 9 heteroatoms. The van der Waals surface area contributed by atoms with Crippen LogP contribution in [0.3, 0.4) is 0 Å². The Balaban J connectivity index is 1.72. The normalized spacial score (nSPS) is 16.8. The van der Waals surface area contributed by atoms with Crippen LogP contribution in [0.4, 0.5) is 0 Å². The first-order chi connectivity index (χ1) is 16.5. The van der Waals surface area contributed by atoms with E-state index >= 15 is 0 Å². The predicted molar refractivity (Wildman–Crippen MR) is 126 cm³/mol. The number of thiazole rings is 1. The SMILES string of the molecule is CCOC(=O)C1=C(C)N=c2sc(=Cc3ccc4c(c3)OCO4)c(=O)n2C1c1ccccc1OC. The molecule has 1 aromatic heterocycles. The Labute approximate surface area is 199 Å². The monoisotopic (exact) mass is 478 g/mol. The minimum absolute atomic E-state index is 0.176. The van der Waals surface area contributed by atoms with Gasteiger partial charge in [0.2, 0.25) is 6.79 Å². The van der Waals surface area contributed by atoms with Gasteiger partial charge >= 0.3 is 5.97 Å². The Morgan fingerprint density at radius 1 is 1.24 bits per heavy atom. The minimum atomic E-state index is -0.731. The largest absolute Gasteiger partial charge is 0.496 e. The van der Waals surface area contributed by atoms with Gasteiger partial charge in [-0.25, -0.2) is 9.79 Å². The molecule has 2 aliphatic rings. The molecule has 1 unspecified atom stereocenters. The summed E-state index contributed by atoms with van der Waals surface area (Å²) in [5.74, 6) is 1.36. The third-order valence-electron chi connectivity index (χ3n) is 5.64. The van der Waals surface area contributed by atoms with Crippen LogP contribution in [0.2, 0.25) is 0 Å². The number of fused-ring (bicyclic) bond motifs is 2. The Morgan fingerprint density at radius 2 is 2.03 bits per heavy atom. The van der Waals surface area contributed by atoms with E-state index in [0.717, 1.165) is 5.56 Å². The van der Waals surface area contributed by atoms with Gasteiger partial charge in [-0.2, -0.15) is 0 Å². The number of nitrogens with zero attached hydrogens (tertiary/aromatic N) is 2. The number of esters is 1. The standard InChI is InChI=1S/C25H22N2O6S/c1-4-31-24(29)21-14(2)26-25-27(22(21)16-7-5-6-8-17(16)30-3)23(28)20(34-25)12-15-9-10-18-19(11-15)33-13-32-18/h5-12,22H,4,13H2,1-3H3. The molecule has 0 radical (unpaired) electrons. The second-order valence-corrected chi connectivity index (χ2v) is 8.67. The quantitative estimate of drug-likeness (QED) is 0.524. The number of aromatic nitrogens is 1. The molecular formula is C25H22N2O6S. The number of hydrogen-bond donors (Lipinski definition) is 0. The van der Waals surface area contributed by atoms with Crippen LogP contribution in [0, 0.1) is 0 Å². The fourth-order valence-electron chi connectivity index (χ4n) is 4.13. The van der Waals surface area contributed by atoms with Crippen molar-refractivity contribution in [2.24, 2.45) is 4.99 Å². The lowest BCUT2D eigenvalue weighted by Gasteiger charge is -2.25. The first kappa shape index (κ1) is 22.0. The lowest BCUT2D eigenvalue weighted by molar-refractivity contribution is -0.139. The minimum Gasteiger partial charge on any atom is -0.496 e. The van der Waals surface area contributed by atoms with Gasteiger partial charge in [0.25, 0.3) is 5.56 Å². The molecule has 1 atom stereocenters. The third-order valence-corrected chi connectivity index (χ3v) is 6.63. The predicted octanol–water partition coefficient (Wildman–Crippen LogP) is 2.54. The maximum absolute atomic E-state index is 13.7. The van der Waals surface area contributed by atoms with Gasteiger partial charge in [-0.05, 0) is 43.7 Å². The summed E-state index contributed by atoms with van der Waals surface area (Å²) < 4.78 is 23.8. The molecule has 2 aliphatic heterocycles. The second-order valence-electron chi connectivity index (χ2n) is 7.66. The average molecular weight is 479 g/mol. The summed E-state index contributed by atoms with van der Waals surface area (Å²) in [7, 11) is 1.56. The number of methoxy groups -OCH3 is 1. The summed E-state index contributed by atoms with van der Waals surface area (Å²) in [6.45, 7) is 3.88. The Hall–Kier alpha value is -3.85. The first-order valence-electron chi connectivity index (χ1n) is 10.7. The van der Waals surface area contributed by atoms with Gasteiger partial charge in [0, 0.05) is 5.56 Å². The molecule has 3 heterocycles. The lowest BCUT2D eigenvalue weighted by atomic mass is 9.95. The van der Waals surface area contributed by atoms with E-state index in [1.807, 2.05) is 36.4 Å². The Bertz CT molecular complexity index is 1500. The van der Waals surface area contributed by atoms with Gasteiger partial charge in [-0.1, -0.05) is 35.6 Å². The van der Waals surface area contributed by atoms with Crippen molar-refractivity contribution in [3.8, 4) is 17.2 Å². The van der Waals surface area contributed by atoms with Crippen LogP contribution in [-0.4, -0.2) is 31.0 Å². The zero-order valence-corrected chi connectivity index (χ0v) is 19.7. The van der Waals surface area contributed by atoms with Crippen LogP contribution in [0.1, 0.15) is 31.0 Å². The van der Waals surface area contributed by atoms with Crippen molar-refractivity contribution >= 4 is 23.4 Å². The summed E-state index contributed by atoms with van der Waals surface area (Å²) in [4.78, 5) is 31.8. The molecule has 2 aromatic carbocycles. The molecule has 0 fully saturated rings. The van der Waals surface area contributed by atoms with E-state index in [1.54, 1.807) is 37.7 Å². The summed E-state index contributed by atoms with van der Waals surface area (Å²) in [6.07, 6.45) is 1.79. The van der Waals surface area contributed by atoms with Crippen LogP contribution in [-0.2, 0) is 9.53 Å². The molecule has 3 aromatic rings. The van der Waals surface area contributed by atoms with Crippen molar-refractivity contribution in [2.75, 3.05) is 20.5 Å². The van der Waals surface area contributed by atoms with Crippen molar-refractivity contribution in [3.05, 3.63) is 84.5 Å². The van der Waals surface area contributed by atoms with Crippen LogP contribution < -0.4 is 29.1 Å². The highest BCUT2D eigenvalue weighted by Gasteiger charge is 2.34. The molecule has 0 amide bonds. The van der Waals surface area contributed by atoms with E-state index in [0.29, 0.717) is 43.4 Å². The van der Waals surface area contributed by atoms with E-state index in [9.17, 15) is 9.59 Å². The Morgan fingerprint density at radius 3 is 2.82 bits per heavy atom. The van der Waals surface area contributed by atoms with Gasteiger partial charge in [-0.15, -0.1) is 0 Å². The van der Waals surface area contributed by atoms with Gasteiger partial charge in [0.15, 0.2) is 16.3 Å². The van der Waals surface area contributed by atoms with E-state index < -0.39 is 12.0 Å². The zero-order chi connectivity index (χ0) is 23.8. The molecule has 0 bridgehead atoms. The molecule has 174 valence electrons.